The number of thioether (sulfide) groups is 1. The Kier molecular flexibility index (Phi) is 8.37. The molecule has 0 aliphatic heterocycles. The fourth-order valence-corrected chi connectivity index (χ4v) is 4.29. The molecule has 32 heavy (non-hydrogen) atoms. The average molecular weight is 491 g/mol. The first-order chi connectivity index (χ1) is 14.8. The number of nitrogens with one attached hydrogen (secondary N) is 2. The summed E-state index contributed by atoms with van der Waals surface area (Å²) in [7, 11) is -2.78. The van der Waals surface area contributed by atoms with Gasteiger partial charge in [0, 0.05) is 29.4 Å². The van der Waals surface area contributed by atoms with Gasteiger partial charge in [0.05, 0.1) is 19.8 Å². The van der Waals surface area contributed by atoms with Gasteiger partial charge in [0.15, 0.2) is 5.16 Å². The lowest BCUT2D eigenvalue weighted by molar-refractivity contribution is 0.259. The van der Waals surface area contributed by atoms with Crippen LogP contribution in [0.2, 0.25) is 0 Å². The summed E-state index contributed by atoms with van der Waals surface area (Å²) in [6.07, 6.45) is 2.93. The van der Waals surface area contributed by atoms with Gasteiger partial charge < -0.3 is 15.2 Å². The monoisotopic (exact) mass is 490 g/mol. The van der Waals surface area contributed by atoms with Crippen molar-refractivity contribution in [3.05, 3.63) is 23.6 Å². The van der Waals surface area contributed by atoms with Crippen LogP contribution < -0.4 is 14.8 Å². The summed E-state index contributed by atoms with van der Waals surface area (Å²) < 4.78 is 44.2. The lowest BCUT2D eigenvalue weighted by Crippen LogP contribution is -2.38. The highest BCUT2D eigenvalue weighted by molar-refractivity contribution is 8.15. The van der Waals surface area contributed by atoms with Gasteiger partial charge in [-0.1, -0.05) is 25.6 Å². The van der Waals surface area contributed by atoms with E-state index in [1.165, 1.54) is 7.11 Å². The zero-order valence-electron chi connectivity index (χ0n) is 19.0. The minimum absolute atomic E-state index is 0.115. The molecule has 2 aromatic heterocycles. The Balaban J connectivity index is 2.36. The molecular weight excluding hydrogens is 459 g/mol. The first kappa shape index (κ1) is 26.2. The van der Waals surface area contributed by atoms with Crippen molar-refractivity contribution in [1.29, 1.82) is 0 Å². The van der Waals surface area contributed by atoms with Gasteiger partial charge in [-0.2, -0.15) is 28.5 Å². The van der Waals surface area contributed by atoms with Gasteiger partial charge in [0.1, 0.15) is 0 Å². The Morgan fingerprint density at radius 1 is 1.16 bits per heavy atom. The molecule has 180 valence electrons. The quantitative estimate of drug-likeness (QED) is 0.274. The fourth-order valence-electron chi connectivity index (χ4n) is 2.78. The minimum atomic E-state index is -4.18. The van der Waals surface area contributed by atoms with Crippen molar-refractivity contribution in [3.63, 3.8) is 0 Å². The number of pyridine rings is 1. The van der Waals surface area contributed by atoms with Crippen molar-refractivity contribution < 1.29 is 23.0 Å². The number of hydrogen-bond acceptors (Lipinski definition) is 9. The van der Waals surface area contributed by atoms with Crippen molar-refractivity contribution in [2.24, 2.45) is 5.92 Å². The molecule has 2 heterocycles. The Labute approximate surface area is 191 Å². The molecule has 0 saturated heterocycles. The van der Waals surface area contributed by atoms with Crippen LogP contribution in [-0.4, -0.2) is 66.1 Å². The van der Waals surface area contributed by atoms with E-state index in [2.05, 4.69) is 30.0 Å². The number of ether oxygens (including phenoxy) is 1. The number of aromatic nitrogens is 4. The summed E-state index contributed by atoms with van der Waals surface area (Å²) >= 11 is 1.13. The standard InChI is InChI=1S/C19H31FN6O4S2/c1-11(2)9-13(10-27)21-17-23-18(26-32(5,6,28)29)25-19(24-17)31-12(3)14-7-8-15(30-4)22-16(14)20/h7-8,11-13,27H,9-10H2,1-6H3,(H3,21,23,24,25,26,28,29)/t12?,13-/m1/s1. The third-order valence-corrected chi connectivity index (χ3v) is 5.85. The van der Waals surface area contributed by atoms with Crippen LogP contribution in [0.3, 0.4) is 0 Å². The Morgan fingerprint density at radius 3 is 2.34 bits per heavy atom. The van der Waals surface area contributed by atoms with E-state index in [4.69, 9.17) is 4.74 Å². The van der Waals surface area contributed by atoms with Crippen LogP contribution in [0.4, 0.5) is 16.3 Å². The zero-order valence-corrected chi connectivity index (χ0v) is 20.6. The number of nitrogens with zero attached hydrogens (tertiary/aromatic N) is 4. The highest BCUT2D eigenvalue weighted by Crippen LogP contribution is 2.35. The summed E-state index contributed by atoms with van der Waals surface area (Å²) in [6, 6.07) is 2.81. The predicted molar refractivity (Wildman–Crippen MR) is 125 cm³/mol. The molecule has 0 amide bonds. The summed E-state index contributed by atoms with van der Waals surface area (Å²) in [5.41, 5.74) is 0.323. The number of aliphatic hydroxyl groups excluding tert-OH is 1. The molecule has 1 unspecified atom stereocenters. The Bertz CT molecular complexity index is 993. The van der Waals surface area contributed by atoms with Crippen LogP contribution in [0.25, 0.3) is 0 Å². The maximum atomic E-state index is 14.4. The number of anilines is 2. The molecular formula is C19H31FN6O4S2. The molecule has 10 nitrogen and oxygen atoms in total. The van der Waals surface area contributed by atoms with Gasteiger partial charge in [-0.3, -0.25) is 9.27 Å². The van der Waals surface area contributed by atoms with Gasteiger partial charge >= 0.3 is 0 Å². The van der Waals surface area contributed by atoms with Crippen molar-refractivity contribution in [2.75, 3.05) is 36.3 Å². The second-order valence-corrected chi connectivity index (χ2v) is 13.3. The fraction of sp³-hybridized carbons (Fsp3) is 0.579. The Morgan fingerprint density at radius 2 is 1.81 bits per heavy atom. The number of rotatable bonds is 11. The van der Waals surface area contributed by atoms with E-state index in [9.17, 15) is 18.3 Å². The smallest absolute Gasteiger partial charge is 0.246 e. The van der Waals surface area contributed by atoms with Gasteiger partial charge in [-0.25, -0.2) is 0 Å². The van der Waals surface area contributed by atoms with E-state index >= 15 is 0 Å². The summed E-state index contributed by atoms with van der Waals surface area (Å²) in [6.45, 7) is 5.65. The SMILES string of the molecule is COc1ccc(C(C)Sc2nc(N[C@@H](CO)CC(C)C)nc(NS(C)(C)(=O)O)n2)c(F)n1. The van der Waals surface area contributed by atoms with E-state index < -0.39 is 20.7 Å². The molecule has 0 saturated carbocycles. The third kappa shape index (κ3) is 8.45. The third-order valence-electron chi connectivity index (χ3n) is 4.09. The number of halogens is 1. The topological polar surface area (TPSA) is 142 Å². The van der Waals surface area contributed by atoms with E-state index in [0.717, 1.165) is 24.3 Å². The van der Waals surface area contributed by atoms with Gasteiger partial charge in [-0.05, 0) is 25.3 Å². The Hall–Kier alpha value is -2.09. The molecule has 0 aliphatic rings. The summed E-state index contributed by atoms with van der Waals surface area (Å²) in [5, 5.41) is 12.5. The van der Waals surface area contributed by atoms with Crippen LogP contribution in [-0.2, 0) is 9.53 Å². The molecule has 2 rings (SSSR count). The number of hydrogen-bond donors (Lipinski definition) is 4. The second-order valence-electron chi connectivity index (χ2n) is 8.28. The molecule has 2 aromatic rings. The second kappa shape index (κ2) is 10.2. The molecule has 0 radical (unpaired) electrons. The normalized spacial score (nSPS) is 15.0. The molecule has 0 bridgehead atoms. The molecule has 0 aliphatic carbocycles. The molecule has 0 fully saturated rings. The van der Waals surface area contributed by atoms with E-state index in [1.54, 1.807) is 19.1 Å². The maximum Gasteiger partial charge on any atom is 0.246 e. The largest absolute Gasteiger partial charge is 0.481 e. The predicted octanol–water partition coefficient (Wildman–Crippen LogP) is 2.97. The number of methoxy groups -OCH3 is 1. The first-order valence-electron chi connectivity index (χ1n) is 9.91. The zero-order chi connectivity index (χ0) is 24.1. The van der Waals surface area contributed by atoms with Crippen LogP contribution >= 0.6 is 11.8 Å². The van der Waals surface area contributed by atoms with E-state index in [1.807, 2.05) is 13.8 Å². The minimum Gasteiger partial charge on any atom is -0.481 e. The van der Waals surface area contributed by atoms with Gasteiger partial charge in [-0.15, -0.1) is 9.53 Å². The highest BCUT2D eigenvalue weighted by Gasteiger charge is 2.21. The maximum absolute atomic E-state index is 14.4. The highest BCUT2D eigenvalue weighted by atomic mass is 32.3. The van der Waals surface area contributed by atoms with E-state index in [-0.39, 0.29) is 35.6 Å². The van der Waals surface area contributed by atoms with Crippen LogP contribution in [0.5, 0.6) is 5.88 Å². The van der Waals surface area contributed by atoms with Gasteiger partial charge in [0.2, 0.25) is 23.7 Å². The number of aliphatic hydroxyl groups is 1. The van der Waals surface area contributed by atoms with Crippen molar-refractivity contribution in [2.45, 2.75) is 43.6 Å². The van der Waals surface area contributed by atoms with E-state index in [0.29, 0.717) is 17.9 Å². The van der Waals surface area contributed by atoms with Gasteiger partial charge in [0.25, 0.3) is 0 Å². The molecule has 0 spiro atoms. The van der Waals surface area contributed by atoms with Crippen molar-refractivity contribution in [3.8, 4) is 5.88 Å². The molecule has 0 aromatic carbocycles. The van der Waals surface area contributed by atoms with Crippen LogP contribution in [0.15, 0.2) is 17.3 Å². The summed E-state index contributed by atoms with van der Waals surface area (Å²) in [4.78, 5) is 16.5. The van der Waals surface area contributed by atoms with Crippen molar-refractivity contribution >= 4 is 33.2 Å². The molecule has 2 atom stereocenters. The summed E-state index contributed by atoms with van der Waals surface area (Å²) in [5.74, 6) is -0.187. The molecule has 13 heteroatoms. The molecule has 4 N–H and O–H groups in total. The first-order valence-corrected chi connectivity index (χ1v) is 13.5. The van der Waals surface area contributed by atoms with Crippen LogP contribution in [0.1, 0.15) is 38.0 Å². The lowest BCUT2D eigenvalue weighted by atomic mass is 10.0. The van der Waals surface area contributed by atoms with Crippen molar-refractivity contribution in [1.82, 2.24) is 19.9 Å². The van der Waals surface area contributed by atoms with Crippen LogP contribution in [0, 0.1) is 11.9 Å². The lowest BCUT2D eigenvalue weighted by Gasteiger charge is -2.34. The average Bonchev–Trinajstić information content (AvgIpc) is 2.64.